The summed E-state index contributed by atoms with van der Waals surface area (Å²) in [5.41, 5.74) is 5.37. The first-order valence-corrected chi connectivity index (χ1v) is 4.41. The number of rotatable bonds is 2. The van der Waals surface area contributed by atoms with E-state index in [9.17, 15) is 0 Å². The molecule has 1 aromatic rings. The van der Waals surface area contributed by atoms with Gasteiger partial charge in [-0.05, 0) is 42.5 Å². The molecule has 0 radical (unpaired) electrons. The van der Waals surface area contributed by atoms with E-state index in [0.717, 1.165) is 6.42 Å². The van der Waals surface area contributed by atoms with Crippen molar-refractivity contribution < 1.29 is 0 Å². The van der Waals surface area contributed by atoms with E-state index in [-0.39, 0.29) is 0 Å². The average Bonchev–Trinajstić information content (AvgIpc) is 2.03. The van der Waals surface area contributed by atoms with Gasteiger partial charge in [0, 0.05) is 0 Å². The summed E-state index contributed by atoms with van der Waals surface area (Å²) in [5.74, 6) is 0. The molecule has 0 spiro atoms. The highest BCUT2D eigenvalue weighted by Gasteiger charge is 1.99. The van der Waals surface area contributed by atoms with E-state index in [4.69, 9.17) is 0 Å². The van der Waals surface area contributed by atoms with Crippen molar-refractivity contribution in [2.75, 3.05) is 0 Å². The first kappa shape index (κ1) is 9.05. The fourth-order valence-electron chi connectivity index (χ4n) is 1.59. The molecule has 12 heavy (non-hydrogen) atoms. The summed E-state index contributed by atoms with van der Waals surface area (Å²) >= 11 is 0. The predicted octanol–water partition coefficient (Wildman–Crippen LogP) is 3.51. The molecule has 0 nitrogen and oxygen atoms in total. The lowest BCUT2D eigenvalue weighted by Gasteiger charge is -2.07. The van der Waals surface area contributed by atoms with Crippen LogP contribution in [-0.4, -0.2) is 0 Å². The van der Waals surface area contributed by atoms with Gasteiger partial charge in [-0.1, -0.05) is 31.7 Å². The van der Waals surface area contributed by atoms with Crippen LogP contribution in [0.1, 0.15) is 29.2 Å². The van der Waals surface area contributed by atoms with Crippen LogP contribution in [0, 0.1) is 13.8 Å². The van der Waals surface area contributed by atoms with E-state index in [1.807, 2.05) is 6.08 Å². The number of hydrogen-bond acceptors (Lipinski definition) is 0. The average molecular weight is 160 g/mol. The summed E-state index contributed by atoms with van der Waals surface area (Å²) in [5, 5.41) is 0. The van der Waals surface area contributed by atoms with Gasteiger partial charge in [0.25, 0.3) is 0 Å². The van der Waals surface area contributed by atoms with Crippen LogP contribution in [0.2, 0.25) is 0 Å². The SMILES string of the molecule is C=Cc1c(C)cc(CC)cc1C. The Hall–Kier alpha value is -1.04. The molecule has 0 saturated heterocycles. The fraction of sp³-hybridized carbons (Fsp3) is 0.333. The van der Waals surface area contributed by atoms with E-state index in [1.54, 1.807) is 0 Å². The fourth-order valence-corrected chi connectivity index (χ4v) is 1.59. The minimum Gasteiger partial charge on any atom is -0.0985 e. The Morgan fingerprint density at radius 2 is 1.75 bits per heavy atom. The molecule has 0 aromatic heterocycles. The minimum atomic E-state index is 1.11. The van der Waals surface area contributed by atoms with Gasteiger partial charge in [0.15, 0.2) is 0 Å². The Kier molecular flexibility index (Phi) is 2.69. The highest BCUT2D eigenvalue weighted by Crippen LogP contribution is 2.17. The van der Waals surface area contributed by atoms with Crippen molar-refractivity contribution in [3.8, 4) is 0 Å². The second kappa shape index (κ2) is 3.57. The first-order chi connectivity index (χ1) is 5.69. The Balaban J connectivity index is 3.27. The van der Waals surface area contributed by atoms with Crippen molar-refractivity contribution in [2.45, 2.75) is 27.2 Å². The molecule has 0 aliphatic carbocycles. The maximum absolute atomic E-state index is 3.81. The van der Waals surface area contributed by atoms with Gasteiger partial charge in [-0.2, -0.15) is 0 Å². The molecule has 0 atom stereocenters. The lowest BCUT2D eigenvalue weighted by molar-refractivity contribution is 1.12. The molecule has 0 heterocycles. The molecular weight excluding hydrogens is 144 g/mol. The van der Waals surface area contributed by atoms with E-state index in [2.05, 4.69) is 39.5 Å². The van der Waals surface area contributed by atoms with Crippen LogP contribution in [0.3, 0.4) is 0 Å². The third kappa shape index (κ3) is 1.58. The normalized spacial score (nSPS) is 9.92. The van der Waals surface area contributed by atoms with Crippen molar-refractivity contribution in [1.29, 1.82) is 0 Å². The molecule has 1 rings (SSSR count). The smallest absolute Gasteiger partial charge is 0.0204 e. The summed E-state index contributed by atoms with van der Waals surface area (Å²) in [6.07, 6.45) is 3.04. The van der Waals surface area contributed by atoms with Gasteiger partial charge in [-0.15, -0.1) is 0 Å². The second-order valence-corrected chi connectivity index (χ2v) is 3.20. The molecule has 0 amide bonds. The Labute approximate surface area is 74.9 Å². The summed E-state index contributed by atoms with van der Waals surface area (Å²) < 4.78 is 0. The number of hydrogen-bond donors (Lipinski definition) is 0. The second-order valence-electron chi connectivity index (χ2n) is 3.20. The standard InChI is InChI=1S/C12H16/c1-5-11-7-9(3)12(6-2)10(4)8-11/h6-8H,2,5H2,1,3-4H3. The maximum Gasteiger partial charge on any atom is -0.0204 e. The number of benzene rings is 1. The molecule has 0 saturated carbocycles. The zero-order chi connectivity index (χ0) is 9.14. The van der Waals surface area contributed by atoms with Crippen LogP contribution < -0.4 is 0 Å². The van der Waals surface area contributed by atoms with Gasteiger partial charge >= 0.3 is 0 Å². The molecule has 0 heteroatoms. The van der Waals surface area contributed by atoms with Gasteiger partial charge < -0.3 is 0 Å². The molecule has 0 unspecified atom stereocenters. The zero-order valence-electron chi connectivity index (χ0n) is 8.15. The summed E-state index contributed by atoms with van der Waals surface area (Å²) in [6, 6.07) is 4.48. The largest absolute Gasteiger partial charge is 0.0985 e. The molecule has 0 N–H and O–H groups in total. The van der Waals surface area contributed by atoms with Crippen molar-refractivity contribution in [3.63, 3.8) is 0 Å². The quantitative estimate of drug-likeness (QED) is 0.621. The monoisotopic (exact) mass is 160 g/mol. The lowest BCUT2D eigenvalue weighted by atomic mass is 9.98. The molecule has 64 valence electrons. The zero-order valence-corrected chi connectivity index (χ0v) is 8.15. The van der Waals surface area contributed by atoms with Gasteiger partial charge in [0.05, 0.1) is 0 Å². The highest BCUT2D eigenvalue weighted by molar-refractivity contribution is 5.56. The van der Waals surface area contributed by atoms with Crippen LogP contribution in [0.4, 0.5) is 0 Å². The van der Waals surface area contributed by atoms with Crippen LogP contribution in [0.5, 0.6) is 0 Å². The molecule has 0 aliphatic rings. The van der Waals surface area contributed by atoms with Crippen molar-refractivity contribution >= 4 is 6.08 Å². The minimum absolute atomic E-state index is 1.11. The topological polar surface area (TPSA) is 0 Å². The molecule has 0 aliphatic heterocycles. The van der Waals surface area contributed by atoms with E-state index >= 15 is 0 Å². The Morgan fingerprint density at radius 3 is 2.08 bits per heavy atom. The lowest BCUT2D eigenvalue weighted by Crippen LogP contribution is -1.90. The molecule has 1 aromatic carbocycles. The molecular formula is C12H16. The van der Waals surface area contributed by atoms with Crippen LogP contribution in [0.15, 0.2) is 18.7 Å². The predicted molar refractivity (Wildman–Crippen MR) is 55.4 cm³/mol. The van der Waals surface area contributed by atoms with Gasteiger partial charge in [-0.3, -0.25) is 0 Å². The summed E-state index contributed by atoms with van der Waals surface area (Å²) in [4.78, 5) is 0. The van der Waals surface area contributed by atoms with Gasteiger partial charge in [0.2, 0.25) is 0 Å². The van der Waals surface area contributed by atoms with Crippen molar-refractivity contribution in [3.05, 3.63) is 41.0 Å². The van der Waals surface area contributed by atoms with Crippen LogP contribution >= 0.6 is 0 Å². The summed E-state index contributed by atoms with van der Waals surface area (Å²) in [7, 11) is 0. The van der Waals surface area contributed by atoms with E-state index < -0.39 is 0 Å². The van der Waals surface area contributed by atoms with E-state index in [1.165, 1.54) is 22.3 Å². The Morgan fingerprint density at radius 1 is 1.25 bits per heavy atom. The molecule has 0 fully saturated rings. The number of aryl methyl sites for hydroxylation is 3. The Bertz CT molecular complexity index is 272. The molecule has 0 bridgehead atoms. The third-order valence-electron chi connectivity index (χ3n) is 2.27. The van der Waals surface area contributed by atoms with Crippen LogP contribution in [-0.2, 0) is 6.42 Å². The summed E-state index contributed by atoms with van der Waals surface area (Å²) in [6.45, 7) is 10.3. The van der Waals surface area contributed by atoms with Crippen LogP contribution in [0.25, 0.3) is 6.08 Å². The first-order valence-electron chi connectivity index (χ1n) is 4.41. The van der Waals surface area contributed by atoms with E-state index in [0.29, 0.717) is 0 Å². The highest BCUT2D eigenvalue weighted by atomic mass is 14.0. The van der Waals surface area contributed by atoms with Crippen molar-refractivity contribution in [2.24, 2.45) is 0 Å². The third-order valence-corrected chi connectivity index (χ3v) is 2.27. The van der Waals surface area contributed by atoms with Gasteiger partial charge in [-0.25, -0.2) is 0 Å². The van der Waals surface area contributed by atoms with Gasteiger partial charge in [0.1, 0.15) is 0 Å². The van der Waals surface area contributed by atoms with Crippen molar-refractivity contribution in [1.82, 2.24) is 0 Å². The maximum atomic E-state index is 3.81.